The number of rotatable bonds is 2. The smallest absolute Gasteiger partial charge is 0.270 e. The third-order valence-electron chi connectivity index (χ3n) is 2.46. The van der Waals surface area contributed by atoms with E-state index in [0.29, 0.717) is 4.86 Å². The molecule has 2 rings (SSSR count). The number of benzene rings is 1. The number of phenolic OH excluding ortho intramolecular Hbond substituents is 2. The van der Waals surface area contributed by atoms with Gasteiger partial charge in [0.15, 0.2) is 11.5 Å². The summed E-state index contributed by atoms with van der Waals surface area (Å²) in [7, 11) is 0. The van der Waals surface area contributed by atoms with Gasteiger partial charge in [-0.2, -0.15) is 0 Å². The van der Waals surface area contributed by atoms with E-state index in [1.165, 1.54) is 18.3 Å². The van der Waals surface area contributed by atoms with Crippen LogP contribution in [0.1, 0.15) is 16.8 Å². The molecule has 0 radical (unpaired) electrons. The van der Waals surface area contributed by atoms with Gasteiger partial charge in [-0.3, -0.25) is 15.0 Å². The van der Waals surface area contributed by atoms with Crippen molar-refractivity contribution in [3.63, 3.8) is 0 Å². The number of thiocarbonyl (C=S) groups is 1. The number of hydrogen-bond acceptors (Lipinski definition) is 5. The first kappa shape index (κ1) is 13.0. The van der Waals surface area contributed by atoms with Crippen LogP contribution in [0.25, 0.3) is 0 Å². The minimum Gasteiger partial charge on any atom is -0.504 e. The molecule has 0 unspecified atom stereocenters. The summed E-state index contributed by atoms with van der Waals surface area (Å²) in [6.07, 6.45) is 2.98. The molecular weight excluding hydrogens is 268 g/mol. The summed E-state index contributed by atoms with van der Waals surface area (Å²) in [5, 5.41) is 19.5. The normalized spacial score (nSPS) is 14.6. The summed E-state index contributed by atoms with van der Waals surface area (Å²) in [6, 6.07) is 3.62. The maximum Gasteiger partial charge on any atom is 0.270 e. The summed E-state index contributed by atoms with van der Waals surface area (Å²) in [4.78, 5) is 23.9. The number of phenols is 2. The maximum atomic E-state index is 11.8. The highest BCUT2D eigenvalue weighted by Gasteiger charge is 2.19. The lowest BCUT2D eigenvalue weighted by Gasteiger charge is -2.22. The summed E-state index contributed by atoms with van der Waals surface area (Å²) in [5.74, 6) is -1.66. The highest BCUT2D eigenvalue weighted by molar-refractivity contribution is 7.80. The zero-order chi connectivity index (χ0) is 14.0. The average molecular weight is 278 g/mol. The fraction of sp³-hybridized carbons (Fsp3) is 0.0833. The molecule has 2 amide bonds. The topological polar surface area (TPSA) is 89.9 Å². The molecule has 1 aromatic carbocycles. The first-order chi connectivity index (χ1) is 8.97. The molecule has 6 nitrogen and oxygen atoms in total. The second-order valence-electron chi connectivity index (χ2n) is 3.87. The molecule has 1 aliphatic heterocycles. The zero-order valence-electron chi connectivity index (χ0n) is 9.66. The molecule has 3 N–H and O–H groups in total. The van der Waals surface area contributed by atoms with Crippen molar-refractivity contribution in [1.29, 1.82) is 0 Å². The molecule has 1 heterocycles. The lowest BCUT2D eigenvalue weighted by atomic mass is 10.2. The number of nitrogens with one attached hydrogen (secondary N) is 1. The SMILES string of the molecule is O=C(NN1C=CC(=S)CC1=O)c1ccc(O)c(O)c1. The number of nitrogens with zero attached hydrogens (tertiary/aromatic N) is 1. The Morgan fingerprint density at radius 3 is 2.68 bits per heavy atom. The van der Waals surface area contributed by atoms with Crippen LogP contribution in [0.3, 0.4) is 0 Å². The lowest BCUT2D eigenvalue weighted by Crippen LogP contribution is -2.44. The van der Waals surface area contributed by atoms with E-state index in [1.807, 2.05) is 0 Å². The van der Waals surface area contributed by atoms with Crippen LogP contribution >= 0.6 is 12.2 Å². The predicted molar refractivity (Wildman–Crippen MR) is 70.4 cm³/mol. The van der Waals surface area contributed by atoms with Crippen molar-refractivity contribution in [3.8, 4) is 11.5 Å². The van der Waals surface area contributed by atoms with Crippen molar-refractivity contribution < 1.29 is 19.8 Å². The van der Waals surface area contributed by atoms with E-state index < -0.39 is 11.7 Å². The number of carbonyl (C=O) groups excluding carboxylic acids is 2. The summed E-state index contributed by atoms with van der Waals surface area (Å²) >= 11 is 4.87. The number of allylic oxidation sites excluding steroid dienone is 1. The fourth-order valence-corrected chi connectivity index (χ4v) is 1.66. The van der Waals surface area contributed by atoms with Crippen LogP contribution in [-0.4, -0.2) is 31.9 Å². The minimum atomic E-state index is -0.582. The lowest BCUT2D eigenvalue weighted by molar-refractivity contribution is -0.129. The molecule has 7 heteroatoms. The number of carbonyl (C=O) groups is 2. The molecule has 0 spiro atoms. The minimum absolute atomic E-state index is 0.0624. The summed E-state index contributed by atoms with van der Waals surface area (Å²) in [6.45, 7) is 0. The van der Waals surface area contributed by atoms with Crippen LogP contribution in [0.15, 0.2) is 30.5 Å². The molecule has 1 aliphatic rings. The Hall–Kier alpha value is -2.41. The van der Waals surface area contributed by atoms with Gasteiger partial charge in [0.25, 0.3) is 5.91 Å². The van der Waals surface area contributed by atoms with Crippen LogP contribution in [0.4, 0.5) is 0 Å². The third kappa shape index (κ3) is 2.89. The fourth-order valence-electron chi connectivity index (χ4n) is 1.47. The van der Waals surface area contributed by atoms with Crippen LogP contribution in [0, 0.1) is 0 Å². The van der Waals surface area contributed by atoms with E-state index in [-0.39, 0.29) is 23.6 Å². The van der Waals surface area contributed by atoms with Gasteiger partial charge in [0.1, 0.15) is 0 Å². The van der Waals surface area contributed by atoms with E-state index in [2.05, 4.69) is 5.43 Å². The first-order valence-electron chi connectivity index (χ1n) is 5.33. The van der Waals surface area contributed by atoms with Gasteiger partial charge < -0.3 is 10.2 Å². The van der Waals surface area contributed by atoms with Crippen LogP contribution in [0.5, 0.6) is 11.5 Å². The first-order valence-corrected chi connectivity index (χ1v) is 5.74. The molecule has 0 saturated carbocycles. The molecule has 1 aromatic rings. The number of amides is 2. The maximum absolute atomic E-state index is 11.8. The van der Waals surface area contributed by atoms with Gasteiger partial charge in [-0.05, 0) is 24.3 Å². The van der Waals surface area contributed by atoms with Gasteiger partial charge in [-0.1, -0.05) is 12.2 Å². The Bertz CT molecular complexity index is 597. The van der Waals surface area contributed by atoms with Gasteiger partial charge in [0.05, 0.1) is 6.42 Å². The molecule has 0 aliphatic carbocycles. The van der Waals surface area contributed by atoms with Crippen molar-refractivity contribution in [2.24, 2.45) is 0 Å². The van der Waals surface area contributed by atoms with E-state index in [0.717, 1.165) is 11.1 Å². The molecule has 0 saturated heterocycles. The Kier molecular flexibility index (Phi) is 3.48. The highest BCUT2D eigenvalue weighted by atomic mass is 32.1. The number of hydrazine groups is 1. The number of aromatic hydroxyl groups is 2. The van der Waals surface area contributed by atoms with E-state index >= 15 is 0 Å². The molecule has 0 atom stereocenters. The second-order valence-corrected chi connectivity index (χ2v) is 4.39. The molecule has 19 heavy (non-hydrogen) atoms. The standard InChI is InChI=1S/C12H10N2O4S/c15-9-2-1-7(5-10(9)16)12(18)13-14-4-3-8(19)6-11(14)17/h1-5,15-16H,6H2,(H,13,18). The quantitative estimate of drug-likeness (QED) is 0.551. The van der Waals surface area contributed by atoms with Gasteiger partial charge in [0, 0.05) is 16.6 Å². The van der Waals surface area contributed by atoms with Gasteiger partial charge in [0.2, 0.25) is 5.91 Å². The predicted octanol–water partition coefficient (Wildman–Crippen LogP) is 0.858. The van der Waals surface area contributed by atoms with Crippen LogP contribution in [-0.2, 0) is 4.79 Å². The zero-order valence-corrected chi connectivity index (χ0v) is 10.5. The Labute approximate surface area is 113 Å². The van der Waals surface area contributed by atoms with E-state index in [9.17, 15) is 14.7 Å². The Morgan fingerprint density at radius 1 is 1.32 bits per heavy atom. The summed E-state index contributed by atoms with van der Waals surface area (Å²) in [5.41, 5.74) is 2.47. The molecule has 0 aromatic heterocycles. The Morgan fingerprint density at radius 2 is 2.05 bits per heavy atom. The van der Waals surface area contributed by atoms with Crippen LogP contribution in [0.2, 0.25) is 0 Å². The average Bonchev–Trinajstić information content (AvgIpc) is 2.36. The van der Waals surface area contributed by atoms with Crippen molar-refractivity contribution in [2.75, 3.05) is 0 Å². The summed E-state index contributed by atoms with van der Waals surface area (Å²) < 4.78 is 0. The third-order valence-corrected chi connectivity index (χ3v) is 2.74. The van der Waals surface area contributed by atoms with Gasteiger partial charge in [-0.15, -0.1) is 0 Å². The van der Waals surface area contributed by atoms with Crippen molar-refractivity contribution in [2.45, 2.75) is 6.42 Å². The monoisotopic (exact) mass is 278 g/mol. The second kappa shape index (κ2) is 5.07. The molecule has 98 valence electrons. The molecule has 0 fully saturated rings. The van der Waals surface area contributed by atoms with Crippen LogP contribution < -0.4 is 5.43 Å². The van der Waals surface area contributed by atoms with Gasteiger partial charge >= 0.3 is 0 Å². The highest BCUT2D eigenvalue weighted by Crippen LogP contribution is 2.24. The molecular formula is C12H10N2O4S. The van der Waals surface area contributed by atoms with Crippen molar-refractivity contribution in [1.82, 2.24) is 10.4 Å². The van der Waals surface area contributed by atoms with Crippen molar-refractivity contribution in [3.05, 3.63) is 36.0 Å². The largest absolute Gasteiger partial charge is 0.504 e. The van der Waals surface area contributed by atoms with Crippen molar-refractivity contribution >= 4 is 28.9 Å². The van der Waals surface area contributed by atoms with E-state index in [4.69, 9.17) is 17.3 Å². The Balaban J connectivity index is 2.13. The molecule has 0 bridgehead atoms. The van der Waals surface area contributed by atoms with E-state index in [1.54, 1.807) is 6.08 Å². The van der Waals surface area contributed by atoms with Gasteiger partial charge in [-0.25, -0.2) is 5.01 Å². The number of hydrogen-bond donors (Lipinski definition) is 3.